The van der Waals surface area contributed by atoms with Crippen molar-refractivity contribution in [3.05, 3.63) is 57.5 Å². The molecule has 2 fully saturated rings. The molecule has 3 amide bonds. The van der Waals surface area contributed by atoms with Crippen LogP contribution >= 0.6 is 11.3 Å². The Morgan fingerprint density at radius 2 is 1.94 bits per heavy atom. The molecule has 3 aliphatic rings. The molecular formula is C28H37FN4O2S. The molecule has 2 atom stereocenters. The Balaban J connectivity index is 1.17. The summed E-state index contributed by atoms with van der Waals surface area (Å²) in [4.78, 5) is 33.5. The van der Waals surface area contributed by atoms with Crippen LogP contribution in [-0.2, 0) is 11.2 Å². The van der Waals surface area contributed by atoms with E-state index in [1.54, 1.807) is 23.5 Å². The second-order valence-corrected chi connectivity index (χ2v) is 11.5. The van der Waals surface area contributed by atoms with Crippen molar-refractivity contribution in [3.8, 4) is 0 Å². The van der Waals surface area contributed by atoms with Crippen LogP contribution in [0.1, 0.15) is 67.5 Å². The maximum atomic E-state index is 14.1. The van der Waals surface area contributed by atoms with Gasteiger partial charge in [-0.05, 0) is 60.9 Å². The summed E-state index contributed by atoms with van der Waals surface area (Å²) in [6.45, 7) is 5.23. The number of carbonyl (C=O) groups excluding carboxylic acids is 2. The van der Waals surface area contributed by atoms with Gasteiger partial charge in [0.15, 0.2) is 0 Å². The number of hydrogen-bond acceptors (Lipinski definition) is 4. The van der Waals surface area contributed by atoms with Gasteiger partial charge in [-0.3, -0.25) is 9.69 Å². The molecule has 1 aromatic carbocycles. The van der Waals surface area contributed by atoms with Gasteiger partial charge in [-0.25, -0.2) is 9.18 Å². The first-order valence-electron chi connectivity index (χ1n) is 13.4. The molecule has 0 bridgehead atoms. The summed E-state index contributed by atoms with van der Waals surface area (Å²) in [5.41, 5.74) is 2.17. The highest BCUT2D eigenvalue weighted by molar-refractivity contribution is 7.10. The van der Waals surface area contributed by atoms with Gasteiger partial charge >= 0.3 is 6.03 Å². The first kappa shape index (κ1) is 25.2. The van der Waals surface area contributed by atoms with Crippen molar-refractivity contribution in [2.45, 2.75) is 70.0 Å². The standard InChI is InChI=1S/C28H37FN4O2S/c1-20-19-32(15-16-33(20)28(35)30-23-8-3-2-4-9-23)26(34)11-14-31-13-10-25-24(12-17-36-25)27(31)21-6-5-7-22(29)18-21/h5-7,12,17-18,20,23,27H,2-4,8-11,13-16,19H2,1H3,(H,30,35). The Morgan fingerprint density at radius 1 is 1.11 bits per heavy atom. The minimum absolute atomic E-state index is 0.00492. The number of fused-ring (bicyclic) bond motifs is 1. The number of hydrogen-bond donors (Lipinski definition) is 1. The SMILES string of the molecule is CC1CN(C(=O)CCN2CCc3sccc3C2c2cccc(F)c2)CCN1C(=O)NC1CCCCC1. The number of nitrogens with zero attached hydrogens (tertiary/aromatic N) is 3. The summed E-state index contributed by atoms with van der Waals surface area (Å²) in [6, 6.07) is 9.25. The van der Waals surface area contributed by atoms with Crippen molar-refractivity contribution in [1.29, 1.82) is 0 Å². The van der Waals surface area contributed by atoms with Crippen molar-refractivity contribution >= 4 is 23.3 Å². The lowest BCUT2D eigenvalue weighted by atomic mass is 9.93. The van der Waals surface area contributed by atoms with Gasteiger partial charge in [0.05, 0.1) is 6.04 Å². The number of thiophene rings is 1. The fourth-order valence-corrected chi connectivity index (χ4v) is 6.97. The topological polar surface area (TPSA) is 55.9 Å². The highest BCUT2D eigenvalue weighted by Crippen LogP contribution is 2.38. The predicted molar refractivity (Wildman–Crippen MR) is 141 cm³/mol. The lowest BCUT2D eigenvalue weighted by molar-refractivity contribution is -0.134. The fraction of sp³-hybridized carbons (Fsp3) is 0.571. The second kappa shape index (κ2) is 11.3. The zero-order valence-corrected chi connectivity index (χ0v) is 21.9. The lowest BCUT2D eigenvalue weighted by Crippen LogP contribution is -2.59. The van der Waals surface area contributed by atoms with Crippen LogP contribution in [-0.4, -0.2) is 71.4 Å². The van der Waals surface area contributed by atoms with E-state index in [1.807, 2.05) is 22.8 Å². The van der Waals surface area contributed by atoms with Crippen LogP contribution in [0.2, 0.25) is 0 Å². The van der Waals surface area contributed by atoms with Gasteiger partial charge in [-0.1, -0.05) is 31.4 Å². The molecule has 8 heteroatoms. The van der Waals surface area contributed by atoms with E-state index in [1.165, 1.54) is 35.8 Å². The molecule has 5 rings (SSSR count). The van der Waals surface area contributed by atoms with E-state index in [0.717, 1.165) is 31.4 Å². The molecule has 3 heterocycles. The highest BCUT2D eigenvalue weighted by atomic mass is 32.1. The Hall–Kier alpha value is -2.45. The van der Waals surface area contributed by atoms with Crippen LogP contribution in [0, 0.1) is 5.82 Å². The first-order chi connectivity index (χ1) is 17.5. The zero-order chi connectivity index (χ0) is 25.1. The third-order valence-corrected chi connectivity index (χ3v) is 9.01. The Bertz CT molecular complexity index is 1070. The van der Waals surface area contributed by atoms with Crippen LogP contribution < -0.4 is 5.32 Å². The monoisotopic (exact) mass is 512 g/mol. The normalized spacial score (nSPS) is 23.4. The molecule has 2 aliphatic heterocycles. The van der Waals surface area contributed by atoms with Crippen LogP contribution in [0.25, 0.3) is 0 Å². The predicted octanol–water partition coefficient (Wildman–Crippen LogP) is 4.80. The average Bonchev–Trinajstić information content (AvgIpc) is 3.36. The molecule has 1 saturated carbocycles. The van der Waals surface area contributed by atoms with Crippen molar-refractivity contribution in [3.63, 3.8) is 0 Å². The van der Waals surface area contributed by atoms with Crippen LogP contribution in [0.4, 0.5) is 9.18 Å². The van der Waals surface area contributed by atoms with E-state index in [0.29, 0.717) is 32.6 Å². The number of benzene rings is 1. The third kappa shape index (κ3) is 5.59. The quantitative estimate of drug-likeness (QED) is 0.626. The molecule has 0 radical (unpaired) electrons. The van der Waals surface area contributed by atoms with Crippen molar-refractivity contribution in [2.24, 2.45) is 0 Å². The number of amides is 3. The van der Waals surface area contributed by atoms with Gasteiger partial charge in [0.1, 0.15) is 5.82 Å². The smallest absolute Gasteiger partial charge is 0.317 e. The van der Waals surface area contributed by atoms with Crippen LogP contribution in [0.5, 0.6) is 0 Å². The molecule has 36 heavy (non-hydrogen) atoms. The Labute approximate surface area is 217 Å². The number of rotatable bonds is 5. The average molecular weight is 513 g/mol. The Morgan fingerprint density at radius 3 is 2.72 bits per heavy atom. The Kier molecular flexibility index (Phi) is 7.91. The molecular weight excluding hydrogens is 475 g/mol. The van der Waals surface area contributed by atoms with Gasteiger partial charge in [0.25, 0.3) is 0 Å². The summed E-state index contributed by atoms with van der Waals surface area (Å²) < 4.78 is 14.1. The number of halogens is 1. The van der Waals surface area contributed by atoms with Crippen molar-refractivity contribution in [2.75, 3.05) is 32.7 Å². The van der Waals surface area contributed by atoms with Crippen molar-refractivity contribution < 1.29 is 14.0 Å². The van der Waals surface area contributed by atoms with E-state index in [4.69, 9.17) is 0 Å². The van der Waals surface area contributed by atoms with E-state index in [-0.39, 0.29) is 35.9 Å². The third-order valence-electron chi connectivity index (χ3n) is 8.02. The van der Waals surface area contributed by atoms with Gasteiger partial charge < -0.3 is 15.1 Å². The molecule has 2 aromatic rings. The zero-order valence-electron chi connectivity index (χ0n) is 21.1. The molecule has 194 valence electrons. The molecule has 1 saturated heterocycles. The summed E-state index contributed by atoms with van der Waals surface area (Å²) >= 11 is 1.76. The van der Waals surface area contributed by atoms with Gasteiger partial charge in [0.2, 0.25) is 5.91 Å². The minimum Gasteiger partial charge on any atom is -0.339 e. The van der Waals surface area contributed by atoms with Gasteiger partial charge in [-0.15, -0.1) is 11.3 Å². The van der Waals surface area contributed by atoms with Gasteiger partial charge in [0, 0.05) is 56.1 Å². The van der Waals surface area contributed by atoms with E-state index >= 15 is 0 Å². The summed E-state index contributed by atoms with van der Waals surface area (Å²) in [5, 5.41) is 5.32. The second-order valence-electron chi connectivity index (χ2n) is 10.5. The molecule has 1 N–H and O–H groups in total. The summed E-state index contributed by atoms with van der Waals surface area (Å²) in [6.07, 6.45) is 7.15. The maximum absolute atomic E-state index is 14.1. The first-order valence-corrected chi connectivity index (χ1v) is 14.3. The van der Waals surface area contributed by atoms with E-state index < -0.39 is 0 Å². The van der Waals surface area contributed by atoms with Crippen LogP contribution in [0.15, 0.2) is 35.7 Å². The lowest BCUT2D eigenvalue weighted by Gasteiger charge is -2.41. The van der Waals surface area contributed by atoms with E-state index in [2.05, 4.69) is 21.7 Å². The van der Waals surface area contributed by atoms with Crippen LogP contribution in [0.3, 0.4) is 0 Å². The molecule has 2 unspecified atom stereocenters. The number of nitrogens with one attached hydrogen (secondary N) is 1. The molecule has 0 spiro atoms. The molecule has 6 nitrogen and oxygen atoms in total. The summed E-state index contributed by atoms with van der Waals surface area (Å²) in [5.74, 6) is -0.103. The molecule has 1 aliphatic carbocycles. The minimum atomic E-state index is -0.231. The fourth-order valence-electron chi connectivity index (χ4n) is 6.06. The molecule has 1 aromatic heterocycles. The van der Waals surface area contributed by atoms with E-state index in [9.17, 15) is 14.0 Å². The largest absolute Gasteiger partial charge is 0.339 e. The van der Waals surface area contributed by atoms with Crippen molar-refractivity contribution in [1.82, 2.24) is 20.0 Å². The number of carbonyl (C=O) groups is 2. The highest BCUT2D eigenvalue weighted by Gasteiger charge is 2.33. The number of piperazine rings is 1. The maximum Gasteiger partial charge on any atom is 0.317 e. The number of urea groups is 1. The summed E-state index contributed by atoms with van der Waals surface area (Å²) in [7, 11) is 0. The van der Waals surface area contributed by atoms with Gasteiger partial charge in [-0.2, -0.15) is 0 Å².